The van der Waals surface area contributed by atoms with Gasteiger partial charge in [-0.1, -0.05) is 0 Å². The molecule has 15 heavy (non-hydrogen) atoms. The zero-order valence-corrected chi connectivity index (χ0v) is 9.37. The molecule has 2 rings (SSSR count). The lowest BCUT2D eigenvalue weighted by molar-refractivity contribution is 0.103. The first-order valence-corrected chi connectivity index (χ1v) is 5.07. The molecule has 1 aliphatic carbocycles. The van der Waals surface area contributed by atoms with Crippen molar-refractivity contribution in [2.45, 2.75) is 18.9 Å². The Balaban J connectivity index is 2.48. The maximum Gasteiger partial charge on any atom is 0.128 e. The van der Waals surface area contributed by atoms with Crippen molar-refractivity contribution >= 4 is 0 Å². The van der Waals surface area contributed by atoms with E-state index in [1.165, 1.54) is 11.1 Å². The van der Waals surface area contributed by atoms with Gasteiger partial charge in [0.1, 0.15) is 11.5 Å². The van der Waals surface area contributed by atoms with Gasteiger partial charge >= 0.3 is 0 Å². The molecule has 0 N–H and O–H groups in total. The first-order chi connectivity index (χ1) is 7.30. The van der Waals surface area contributed by atoms with E-state index in [2.05, 4.69) is 6.07 Å². The lowest BCUT2D eigenvalue weighted by Gasteiger charge is -2.14. The summed E-state index contributed by atoms with van der Waals surface area (Å²) in [6.45, 7) is 0. The van der Waals surface area contributed by atoms with Crippen molar-refractivity contribution in [2.24, 2.45) is 0 Å². The third-order valence-electron chi connectivity index (χ3n) is 2.94. The first-order valence-electron chi connectivity index (χ1n) is 5.07. The van der Waals surface area contributed by atoms with Crippen molar-refractivity contribution in [1.82, 2.24) is 0 Å². The number of hydrogen-bond donors (Lipinski definition) is 0. The number of ether oxygens (including phenoxy) is 3. The van der Waals surface area contributed by atoms with Gasteiger partial charge in [0.05, 0.1) is 20.3 Å². The highest BCUT2D eigenvalue weighted by molar-refractivity contribution is 5.50. The van der Waals surface area contributed by atoms with E-state index in [4.69, 9.17) is 14.2 Å². The fourth-order valence-electron chi connectivity index (χ4n) is 2.18. The summed E-state index contributed by atoms with van der Waals surface area (Å²) in [5, 5.41) is 0. The minimum absolute atomic E-state index is 0.167. The monoisotopic (exact) mass is 208 g/mol. The molecule has 0 aromatic heterocycles. The van der Waals surface area contributed by atoms with E-state index in [-0.39, 0.29) is 6.10 Å². The molecular weight excluding hydrogens is 192 g/mol. The van der Waals surface area contributed by atoms with E-state index in [1.807, 2.05) is 6.07 Å². The van der Waals surface area contributed by atoms with Gasteiger partial charge in [-0.05, 0) is 24.5 Å². The fraction of sp³-hybridized carbons (Fsp3) is 0.500. The average molecular weight is 208 g/mol. The van der Waals surface area contributed by atoms with Crippen molar-refractivity contribution in [1.29, 1.82) is 0 Å². The summed E-state index contributed by atoms with van der Waals surface area (Å²) in [5.41, 5.74) is 2.46. The Kier molecular flexibility index (Phi) is 2.82. The van der Waals surface area contributed by atoms with Gasteiger partial charge in [0.2, 0.25) is 0 Å². The molecule has 0 radical (unpaired) electrons. The highest BCUT2D eigenvalue weighted by atomic mass is 16.5. The lowest BCUT2D eigenvalue weighted by Crippen LogP contribution is -1.99. The molecule has 0 saturated carbocycles. The zero-order chi connectivity index (χ0) is 10.8. The second kappa shape index (κ2) is 4.11. The van der Waals surface area contributed by atoms with Gasteiger partial charge in [0.25, 0.3) is 0 Å². The lowest BCUT2D eigenvalue weighted by atomic mass is 10.1. The maximum atomic E-state index is 5.43. The van der Waals surface area contributed by atoms with Crippen LogP contribution in [0.5, 0.6) is 11.5 Å². The molecule has 0 amide bonds. The molecule has 3 nitrogen and oxygen atoms in total. The van der Waals surface area contributed by atoms with Crippen LogP contribution in [-0.2, 0) is 11.2 Å². The first kappa shape index (κ1) is 10.3. The van der Waals surface area contributed by atoms with Gasteiger partial charge in [0.15, 0.2) is 0 Å². The number of fused-ring (bicyclic) bond motifs is 1. The number of aryl methyl sites for hydroxylation is 1. The van der Waals surface area contributed by atoms with E-state index in [9.17, 15) is 0 Å². The van der Waals surface area contributed by atoms with Crippen molar-refractivity contribution in [3.63, 3.8) is 0 Å². The van der Waals surface area contributed by atoms with Crippen LogP contribution in [0.4, 0.5) is 0 Å². The molecular formula is C12H16O3. The summed E-state index contributed by atoms with van der Waals surface area (Å²) in [6, 6.07) is 3.98. The molecule has 82 valence electrons. The maximum absolute atomic E-state index is 5.43. The summed E-state index contributed by atoms with van der Waals surface area (Å²) in [5.74, 6) is 1.72. The molecule has 1 aliphatic rings. The van der Waals surface area contributed by atoms with Crippen LogP contribution in [0.3, 0.4) is 0 Å². The van der Waals surface area contributed by atoms with Crippen LogP contribution in [0, 0.1) is 0 Å². The van der Waals surface area contributed by atoms with Crippen LogP contribution < -0.4 is 9.47 Å². The molecule has 1 aromatic rings. The van der Waals surface area contributed by atoms with E-state index in [1.54, 1.807) is 21.3 Å². The standard InChI is InChI=1S/C12H16O3/c1-13-9-6-8-4-5-10(14-2)12(8)11(7-9)15-3/h6-7,10H,4-5H2,1-3H3/t10-/m1/s1. The van der Waals surface area contributed by atoms with E-state index < -0.39 is 0 Å². The van der Waals surface area contributed by atoms with Gasteiger partial charge < -0.3 is 14.2 Å². The molecule has 0 aliphatic heterocycles. The normalized spacial score (nSPS) is 18.7. The second-order valence-corrected chi connectivity index (χ2v) is 3.67. The molecule has 0 heterocycles. The summed E-state index contributed by atoms with van der Waals surface area (Å²) in [7, 11) is 5.09. The van der Waals surface area contributed by atoms with Crippen LogP contribution in [0.25, 0.3) is 0 Å². The highest BCUT2D eigenvalue weighted by Crippen LogP contribution is 2.42. The number of hydrogen-bond acceptors (Lipinski definition) is 3. The SMILES string of the molecule is COc1cc2c(c(OC)c1)[C@H](OC)CC2. The Labute approximate surface area is 90.0 Å². The van der Waals surface area contributed by atoms with Crippen LogP contribution >= 0.6 is 0 Å². The molecule has 1 atom stereocenters. The highest BCUT2D eigenvalue weighted by Gasteiger charge is 2.26. The van der Waals surface area contributed by atoms with E-state index in [0.29, 0.717) is 0 Å². The second-order valence-electron chi connectivity index (χ2n) is 3.67. The van der Waals surface area contributed by atoms with Crippen LogP contribution in [0.2, 0.25) is 0 Å². The van der Waals surface area contributed by atoms with Crippen molar-refractivity contribution in [3.05, 3.63) is 23.3 Å². The van der Waals surface area contributed by atoms with Gasteiger partial charge in [0, 0.05) is 18.7 Å². The minimum Gasteiger partial charge on any atom is -0.497 e. The zero-order valence-electron chi connectivity index (χ0n) is 9.37. The predicted molar refractivity (Wildman–Crippen MR) is 57.6 cm³/mol. The molecule has 0 bridgehead atoms. The van der Waals surface area contributed by atoms with Gasteiger partial charge in [-0.2, -0.15) is 0 Å². The van der Waals surface area contributed by atoms with Gasteiger partial charge in [-0.15, -0.1) is 0 Å². The van der Waals surface area contributed by atoms with E-state index >= 15 is 0 Å². The van der Waals surface area contributed by atoms with Crippen molar-refractivity contribution in [3.8, 4) is 11.5 Å². The summed E-state index contributed by atoms with van der Waals surface area (Å²) in [4.78, 5) is 0. The van der Waals surface area contributed by atoms with Crippen LogP contribution in [0.15, 0.2) is 12.1 Å². The van der Waals surface area contributed by atoms with E-state index in [0.717, 1.165) is 24.3 Å². The predicted octanol–water partition coefficient (Wildman–Crippen LogP) is 2.34. The summed E-state index contributed by atoms with van der Waals surface area (Å²) >= 11 is 0. The summed E-state index contributed by atoms with van der Waals surface area (Å²) < 4.78 is 16.0. The Bertz CT molecular complexity index is 360. The fourth-order valence-corrected chi connectivity index (χ4v) is 2.18. The molecule has 0 fully saturated rings. The molecule has 0 spiro atoms. The average Bonchev–Trinajstić information content (AvgIpc) is 2.70. The minimum atomic E-state index is 0.167. The van der Waals surface area contributed by atoms with Gasteiger partial charge in [-0.3, -0.25) is 0 Å². The largest absolute Gasteiger partial charge is 0.497 e. The summed E-state index contributed by atoms with van der Waals surface area (Å²) in [6.07, 6.45) is 2.22. The Morgan fingerprint density at radius 3 is 2.53 bits per heavy atom. The number of benzene rings is 1. The Morgan fingerprint density at radius 1 is 1.13 bits per heavy atom. The molecule has 1 aromatic carbocycles. The Hall–Kier alpha value is -1.22. The number of methoxy groups -OCH3 is 3. The number of rotatable bonds is 3. The molecule has 0 unspecified atom stereocenters. The third kappa shape index (κ3) is 1.67. The topological polar surface area (TPSA) is 27.7 Å². The Morgan fingerprint density at radius 2 is 1.93 bits per heavy atom. The van der Waals surface area contributed by atoms with Crippen LogP contribution in [0.1, 0.15) is 23.7 Å². The third-order valence-corrected chi connectivity index (χ3v) is 2.94. The quantitative estimate of drug-likeness (QED) is 0.763. The molecule has 3 heteroatoms. The van der Waals surface area contributed by atoms with Crippen LogP contribution in [-0.4, -0.2) is 21.3 Å². The smallest absolute Gasteiger partial charge is 0.128 e. The van der Waals surface area contributed by atoms with Gasteiger partial charge in [-0.25, -0.2) is 0 Å². The van der Waals surface area contributed by atoms with Crippen molar-refractivity contribution in [2.75, 3.05) is 21.3 Å². The molecule has 0 saturated heterocycles. The van der Waals surface area contributed by atoms with Crippen molar-refractivity contribution < 1.29 is 14.2 Å².